The van der Waals surface area contributed by atoms with Crippen LogP contribution >= 0.6 is 11.3 Å². The molecule has 3 rings (SSSR count). The van der Waals surface area contributed by atoms with Gasteiger partial charge < -0.3 is 25.3 Å². The van der Waals surface area contributed by atoms with Crippen LogP contribution < -0.4 is 15.7 Å². The second kappa shape index (κ2) is 7.45. The summed E-state index contributed by atoms with van der Waals surface area (Å²) in [5.74, 6) is -3.19. The van der Waals surface area contributed by atoms with Crippen LogP contribution in [-0.2, 0) is 33.9 Å². The molecule has 8 nitrogen and oxygen atoms in total. The molecule has 2 amide bonds. The molecule has 9 heteroatoms. The third-order valence-electron chi connectivity index (χ3n) is 4.13. The average Bonchev–Trinajstić information content (AvgIpc) is 2.96. The molecule has 1 aliphatic heterocycles. The maximum Gasteiger partial charge on any atom is 0.314 e. The van der Waals surface area contributed by atoms with Gasteiger partial charge in [0.2, 0.25) is 0 Å². The van der Waals surface area contributed by atoms with Crippen LogP contribution in [0.5, 0.6) is 0 Å². The minimum Gasteiger partial charge on any atom is -0.545 e. The number of amides is 2. The Kier molecular flexibility index (Phi) is 5.24. The number of anilines is 1. The molecule has 142 valence electrons. The van der Waals surface area contributed by atoms with Crippen molar-refractivity contribution in [1.29, 1.82) is 0 Å². The minimum absolute atomic E-state index is 0.0818. The summed E-state index contributed by atoms with van der Waals surface area (Å²) in [6.45, 7) is 4.12. The molecular formula is C18H18N3O5S-. The van der Waals surface area contributed by atoms with Gasteiger partial charge in [-0.05, 0) is 37.1 Å². The molecule has 0 bridgehead atoms. The number of nitrogens with one attached hydrogen (secondary N) is 2. The molecule has 2 N–H and O–H groups in total. The first kappa shape index (κ1) is 19.0. The molecule has 0 saturated carbocycles. The van der Waals surface area contributed by atoms with Crippen LogP contribution in [0.1, 0.15) is 40.2 Å². The fourth-order valence-corrected chi connectivity index (χ4v) is 3.89. The molecule has 0 aliphatic carbocycles. The van der Waals surface area contributed by atoms with Gasteiger partial charge in [0.1, 0.15) is 5.00 Å². The van der Waals surface area contributed by atoms with Gasteiger partial charge in [0.25, 0.3) is 0 Å². The van der Waals surface area contributed by atoms with Crippen molar-refractivity contribution in [2.75, 3.05) is 5.32 Å². The smallest absolute Gasteiger partial charge is 0.314 e. The number of rotatable bonds is 4. The molecule has 2 aromatic rings. The third kappa shape index (κ3) is 4.32. The molecule has 0 aromatic carbocycles. The highest BCUT2D eigenvalue weighted by Crippen LogP contribution is 2.40. The number of carbonyl (C=O) groups excluding carboxylic acids is 3. The van der Waals surface area contributed by atoms with E-state index >= 15 is 0 Å². The number of hydrogen-bond acceptors (Lipinski definition) is 7. The summed E-state index contributed by atoms with van der Waals surface area (Å²) in [7, 11) is 0. The lowest BCUT2D eigenvalue weighted by atomic mass is 9.93. The number of carboxylic acids is 1. The number of fused-ring (bicyclic) bond motifs is 1. The average molecular weight is 388 g/mol. The Labute approximate surface area is 159 Å². The second-order valence-electron chi connectivity index (χ2n) is 6.71. The number of carboxylic acid groups (broad SMARTS) is 1. The number of carbonyl (C=O) groups is 3. The molecule has 0 fully saturated rings. The minimum atomic E-state index is -1.39. The van der Waals surface area contributed by atoms with Gasteiger partial charge in [0, 0.05) is 35.8 Å². The summed E-state index contributed by atoms with van der Waals surface area (Å²) in [6, 6.07) is 3.42. The van der Waals surface area contributed by atoms with E-state index in [9.17, 15) is 19.5 Å². The van der Waals surface area contributed by atoms with E-state index in [2.05, 4.69) is 15.6 Å². The number of thiophene rings is 1. The van der Waals surface area contributed by atoms with Crippen molar-refractivity contribution in [2.24, 2.45) is 0 Å². The molecule has 0 saturated heterocycles. The highest BCUT2D eigenvalue weighted by Gasteiger charge is 2.32. The highest BCUT2D eigenvalue weighted by molar-refractivity contribution is 7.17. The van der Waals surface area contributed by atoms with Gasteiger partial charge in [0.05, 0.1) is 18.2 Å². The summed E-state index contributed by atoms with van der Waals surface area (Å²) in [4.78, 5) is 40.4. The van der Waals surface area contributed by atoms with Crippen molar-refractivity contribution in [3.05, 3.63) is 46.1 Å². The summed E-state index contributed by atoms with van der Waals surface area (Å²) in [6.07, 6.45) is 3.53. The Morgan fingerprint density at radius 3 is 2.63 bits per heavy atom. The van der Waals surface area contributed by atoms with E-state index < -0.39 is 23.4 Å². The molecule has 0 atom stereocenters. The molecular weight excluding hydrogens is 370 g/mol. The van der Waals surface area contributed by atoms with Gasteiger partial charge in [-0.2, -0.15) is 0 Å². The van der Waals surface area contributed by atoms with Crippen molar-refractivity contribution in [1.82, 2.24) is 10.3 Å². The van der Waals surface area contributed by atoms with Gasteiger partial charge in [-0.15, -0.1) is 11.3 Å². The predicted molar refractivity (Wildman–Crippen MR) is 95.9 cm³/mol. The zero-order chi connectivity index (χ0) is 19.6. The van der Waals surface area contributed by atoms with Crippen molar-refractivity contribution < 1.29 is 24.2 Å². The lowest BCUT2D eigenvalue weighted by Gasteiger charge is -2.30. The molecule has 0 unspecified atom stereocenters. The van der Waals surface area contributed by atoms with Gasteiger partial charge in [-0.1, -0.05) is 0 Å². The first-order valence-corrected chi connectivity index (χ1v) is 9.06. The van der Waals surface area contributed by atoms with E-state index in [0.29, 0.717) is 16.9 Å². The van der Waals surface area contributed by atoms with Crippen molar-refractivity contribution in [3.63, 3.8) is 0 Å². The topological polar surface area (TPSA) is 120 Å². The van der Waals surface area contributed by atoms with Gasteiger partial charge in [-0.25, -0.2) is 0 Å². The standard InChI is InChI=1S/C18H19N3O5S/c1-18(2)7-11-12(9-26-18)27-16(13(11)17(24)25)21-15(23)14(22)20-8-10-3-5-19-6-4-10/h3-6H,7-9H2,1-2H3,(H,20,22)(H,21,23)(H,24,25)/p-1. The first-order valence-electron chi connectivity index (χ1n) is 8.25. The van der Waals surface area contributed by atoms with Crippen LogP contribution in [0.3, 0.4) is 0 Å². The predicted octanol–water partition coefficient (Wildman–Crippen LogP) is 0.613. The molecule has 1 aliphatic rings. The van der Waals surface area contributed by atoms with Crippen LogP contribution in [0, 0.1) is 0 Å². The highest BCUT2D eigenvalue weighted by atomic mass is 32.1. The van der Waals surface area contributed by atoms with Crippen LogP contribution in [0.2, 0.25) is 0 Å². The van der Waals surface area contributed by atoms with Crippen molar-refractivity contribution >= 4 is 34.1 Å². The van der Waals surface area contributed by atoms with Crippen LogP contribution in [-0.4, -0.2) is 28.4 Å². The molecule has 2 aromatic heterocycles. The molecule has 27 heavy (non-hydrogen) atoms. The van der Waals surface area contributed by atoms with Gasteiger partial charge in [0.15, 0.2) is 0 Å². The van der Waals surface area contributed by atoms with Crippen LogP contribution in [0.15, 0.2) is 24.5 Å². The number of pyridine rings is 1. The van der Waals surface area contributed by atoms with Crippen LogP contribution in [0.25, 0.3) is 0 Å². The zero-order valence-corrected chi connectivity index (χ0v) is 15.6. The second-order valence-corrected chi connectivity index (χ2v) is 7.82. The number of hydrogen-bond donors (Lipinski definition) is 2. The van der Waals surface area contributed by atoms with Crippen molar-refractivity contribution in [3.8, 4) is 0 Å². The van der Waals surface area contributed by atoms with E-state index in [-0.39, 0.29) is 23.7 Å². The summed E-state index contributed by atoms with van der Waals surface area (Å²) >= 11 is 1.09. The fraction of sp³-hybridized carbons (Fsp3) is 0.333. The lowest BCUT2D eigenvalue weighted by Crippen LogP contribution is -2.36. The number of nitrogens with zero attached hydrogens (tertiary/aromatic N) is 1. The SMILES string of the molecule is CC1(C)Cc2c(sc(NC(=O)C(=O)NCc3ccncc3)c2C(=O)[O-])CO1. The monoisotopic (exact) mass is 388 g/mol. The summed E-state index contributed by atoms with van der Waals surface area (Å²) < 4.78 is 5.68. The first-order chi connectivity index (χ1) is 12.8. The van der Waals surface area contributed by atoms with E-state index in [1.54, 1.807) is 24.5 Å². The number of ether oxygens (including phenoxy) is 1. The normalized spacial score (nSPS) is 14.9. The maximum atomic E-state index is 12.2. The maximum absolute atomic E-state index is 12.2. The zero-order valence-electron chi connectivity index (χ0n) is 14.8. The number of aromatic nitrogens is 1. The van der Waals surface area contributed by atoms with E-state index in [0.717, 1.165) is 16.9 Å². The van der Waals surface area contributed by atoms with E-state index in [4.69, 9.17) is 4.74 Å². The summed E-state index contributed by atoms with van der Waals surface area (Å²) in [5.41, 5.74) is 0.777. The van der Waals surface area contributed by atoms with E-state index in [1.807, 2.05) is 13.8 Å². The quantitative estimate of drug-likeness (QED) is 0.741. The van der Waals surface area contributed by atoms with Gasteiger partial charge >= 0.3 is 11.8 Å². The Balaban J connectivity index is 1.73. The molecule has 0 spiro atoms. The molecule has 3 heterocycles. The largest absolute Gasteiger partial charge is 0.545 e. The van der Waals surface area contributed by atoms with Gasteiger partial charge in [-0.3, -0.25) is 14.6 Å². The Hall–Kier alpha value is -2.78. The Morgan fingerprint density at radius 1 is 1.26 bits per heavy atom. The van der Waals surface area contributed by atoms with E-state index in [1.165, 1.54) is 0 Å². The number of aromatic carboxylic acids is 1. The Morgan fingerprint density at radius 2 is 1.96 bits per heavy atom. The van der Waals surface area contributed by atoms with Crippen LogP contribution in [0.4, 0.5) is 5.00 Å². The lowest BCUT2D eigenvalue weighted by molar-refractivity contribution is -0.255. The Bertz CT molecular complexity index is 892. The summed E-state index contributed by atoms with van der Waals surface area (Å²) in [5, 5.41) is 16.6. The molecule has 0 radical (unpaired) electrons. The van der Waals surface area contributed by atoms with Crippen molar-refractivity contribution in [2.45, 2.75) is 39.0 Å². The fourth-order valence-electron chi connectivity index (χ4n) is 2.78. The third-order valence-corrected chi connectivity index (χ3v) is 5.25.